The van der Waals surface area contributed by atoms with Crippen LogP contribution in [0.3, 0.4) is 0 Å². The van der Waals surface area contributed by atoms with Gasteiger partial charge in [-0.25, -0.2) is 0 Å². The Morgan fingerprint density at radius 2 is 1.74 bits per heavy atom. The summed E-state index contributed by atoms with van der Waals surface area (Å²) in [6.07, 6.45) is 0. The van der Waals surface area contributed by atoms with Crippen molar-refractivity contribution >= 4 is 23.0 Å². The second-order valence-corrected chi connectivity index (χ2v) is 6.88. The van der Waals surface area contributed by atoms with Gasteiger partial charge in [0.2, 0.25) is 5.78 Å². The molecular weight excluding hydrogens is 362 g/mol. The van der Waals surface area contributed by atoms with Crippen LogP contribution < -0.4 is 14.8 Å². The lowest BCUT2D eigenvalue weighted by Crippen LogP contribution is -2.22. The van der Waals surface area contributed by atoms with Crippen molar-refractivity contribution in [1.29, 1.82) is 0 Å². The van der Waals surface area contributed by atoms with E-state index in [1.807, 2.05) is 24.3 Å². The Balaban J connectivity index is 1.67. The van der Waals surface area contributed by atoms with Gasteiger partial charge in [0.15, 0.2) is 0 Å². The van der Waals surface area contributed by atoms with E-state index in [2.05, 4.69) is 5.32 Å². The van der Waals surface area contributed by atoms with Crippen molar-refractivity contribution in [1.82, 2.24) is 5.32 Å². The highest BCUT2D eigenvalue weighted by Crippen LogP contribution is 2.25. The summed E-state index contributed by atoms with van der Waals surface area (Å²) < 4.78 is 10.4. The molecule has 3 aromatic rings. The number of hydrogen-bond acceptors (Lipinski definition) is 5. The molecule has 1 amide bonds. The highest BCUT2D eigenvalue weighted by Gasteiger charge is 2.15. The van der Waals surface area contributed by atoms with Crippen molar-refractivity contribution in [3.8, 4) is 11.5 Å². The molecular formula is C21H19NO4S. The Morgan fingerprint density at radius 1 is 0.963 bits per heavy atom. The maximum atomic E-state index is 12.5. The molecule has 0 radical (unpaired) electrons. The van der Waals surface area contributed by atoms with Gasteiger partial charge < -0.3 is 14.8 Å². The van der Waals surface area contributed by atoms with E-state index in [9.17, 15) is 9.59 Å². The minimum Gasteiger partial charge on any atom is -0.497 e. The van der Waals surface area contributed by atoms with Gasteiger partial charge in [-0.05, 0) is 24.3 Å². The van der Waals surface area contributed by atoms with E-state index in [0.717, 1.165) is 4.88 Å². The van der Waals surface area contributed by atoms with Crippen molar-refractivity contribution in [3.63, 3.8) is 0 Å². The maximum absolute atomic E-state index is 12.5. The summed E-state index contributed by atoms with van der Waals surface area (Å²) in [4.78, 5) is 26.5. The molecule has 2 aromatic carbocycles. The van der Waals surface area contributed by atoms with Gasteiger partial charge in [0.25, 0.3) is 5.91 Å². The molecule has 0 spiro atoms. The van der Waals surface area contributed by atoms with Crippen LogP contribution in [0.4, 0.5) is 0 Å². The van der Waals surface area contributed by atoms with Gasteiger partial charge in [-0.2, -0.15) is 0 Å². The Bertz CT molecular complexity index is 950. The third-order valence-electron chi connectivity index (χ3n) is 4.00. The fraction of sp³-hybridized carbons (Fsp3) is 0.143. The van der Waals surface area contributed by atoms with Gasteiger partial charge in [-0.1, -0.05) is 30.3 Å². The topological polar surface area (TPSA) is 64.6 Å². The standard InChI is InChI=1S/C21H19NO4S/c1-25-15-8-10-17(18(12-15)26-2)21(24)22-13-16-9-11-19(27-16)20(23)14-6-4-3-5-7-14/h3-12H,13H2,1-2H3,(H,22,24). The van der Waals surface area contributed by atoms with Crippen LogP contribution in [-0.4, -0.2) is 25.9 Å². The molecule has 0 saturated carbocycles. The van der Waals surface area contributed by atoms with Gasteiger partial charge in [-0.15, -0.1) is 11.3 Å². The molecule has 6 heteroatoms. The van der Waals surface area contributed by atoms with Gasteiger partial charge in [0, 0.05) is 16.5 Å². The normalized spacial score (nSPS) is 10.3. The molecule has 0 saturated heterocycles. The average molecular weight is 381 g/mol. The molecule has 0 bridgehead atoms. The zero-order valence-electron chi connectivity index (χ0n) is 15.0. The summed E-state index contributed by atoms with van der Waals surface area (Å²) in [6, 6.07) is 17.8. The summed E-state index contributed by atoms with van der Waals surface area (Å²) in [7, 11) is 3.06. The lowest BCUT2D eigenvalue weighted by atomic mass is 10.1. The number of hydrogen-bond donors (Lipinski definition) is 1. The molecule has 0 fully saturated rings. The largest absolute Gasteiger partial charge is 0.497 e. The van der Waals surface area contributed by atoms with E-state index in [1.165, 1.54) is 18.4 Å². The van der Waals surface area contributed by atoms with Crippen LogP contribution >= 0.6 is 11.3 Å². The molecule has 138 valence electrons. The first-order chi connectivity index (χ1) is 13.1. The first-order valence-electron chi connectivity index (χ1n) is 8.31. The number of nitrogens with one attached hydrogen (secondary N) is 1. The summed E-state index contributed by atoms with van der Waals surface area (Å²) in [5.41, 5.74) is 1.08. The highest BCUT2D eigenvalue weighted by atomic mass is 32.1. The van der Waals surface area contributed by atoms with E-state index < -0.39 is 0 Å². The number of rotatable bonds is 7. The molecule has 1 N–H and O–H groups in total. The molecule has 5 nitrogen and oxygen atoms in total. The average Bonchev–Trinajstić information content (AvgIpc) is 3.20. The van der Waals surface area contributed by atoms with Crippen LogP contribution in [0, 0.1) is 0 Å². The molecule has 1 heterocycles. The SMILES string of the molecule is COc1ccc(C(=O)NCc2ccc(C(=O)c3ccccc3)s2)c(OC)c1. The highest BCUT2D eigenvalue weighted by molar-refractivity contribution is 7.14. The Hall–Kier alpha value is -3.12. The lowest BCUT2D eigenvalue weighted by molar-refractivity contribution is 0.0947. The number of thiophene rings is 1. The quantitative estimate of drug-likeness (QED) is 0.630. The Morgan fingerprint density at radius 3 is 2.44 bits per heavy atom. The first-order valence-corrected chi connectivity index (χ1v) is 9.12. The summed E-state index contributed by atoms with van der Waals surface area (Å²) in [5.74, 6) is 0.789. The summed E-state index contributed by atoms with van der Waals surface area (Å²) in [6.45, 7) is 0.334. The summed E-state index contributed by atoms with van der Waals surface area (Å²) in [5, 5.41) is 2.86. The van der Waals surface area contributed by atoms with Crippen molar-refractivity contribution in [2.24, 2.45) is 0 Å². The van der Waals surface area contributed by atoms with E-state index in [-0.39, 0.29) is 11.7 Å². The maximum Gasteiger partial charge on any atom is 0.255 e. The molecule has 0 aliphatic carbocycles. The Labute approximate surface area is 161 Å². The predicted octanol–water partition coefficient (Wildman–Crippen LogP) is 3.93. The van der Waals surface area contributed by atoms with Crippen LogP contribution in [-0.2, 0) is 6.54 Å². The fourth-order valence-corrected chi connectivity index (χ4v) is 3.48. The first kappa shape index (κ1) is 18.7. The van der Waals surface area contributed by atoms with Gasteiger partial charge in [0.1, 0.15) is 11.5 Å². The van der Waals surface area contributed by atoms with Crippen molar-refractivity contribution in [2.75, 3.05) is 14.2 Å². The minimum absolute atomic E-state index is 0.0185. The Kier molecular flexibility index (Phi) is 5.88. The molecule has 0 aliphatic heterocycles. The molecule has 3 rings (SSSR count). The van der Waals surface area contributed by atoms with Crippen LogP contribution in [0.15, 0.2) is 60.7 Å². The van der Waals surface area contributed by atoms with E-state index >= 15 is 0 Å². The van der Waals surface area contributed by atoms with Crippen LogP contribution in [0.5, 0.6) is 11.5 Å². The summed E-state index contributed by atoms with van der Waals surface area (Å²) >= 11 is 1.37. The molecule has 1 aromatic heterocycles. The van der Waals surface area contributed by atoms with Crippen LogP contribution in [0.2, 0.25) is 0 Å². The lowest BCUT2D eigenvalue weighted by Gasteiger charge is -2.10. The van der Waals surface area contributed by atoms with Crippen molar-refractivity contribution in [3.05, 3.63) is 81.5 Å². The number of ketones is 1. The number of amides is 1. The predicted molar refractivity (Wildman–Crippen MR) is 105 cm³/mol. The third-order valence-corrected chi connectivity index (χ3v) is 5.08. The molecule has 27 heavy (non-hydrogen) atoms. The molecule has 0 aliphatic rings. The van der Waals surface area contributed by atoms with Gasteiger partial charge in [0.05, 0.1) is 31.2 Å². The number of carbonyl (C=O) groups excluding carboxylic acids is 2. The zero-order chi connectivity index (χ0) is 19.2. The molecule has 0 unspecified atom stereocenters. The number of carbonyl (C=O) groups is 2. The minimum atomic E-state index is -0.251. The van der Waals surface area contributed by atoms with E-state index in [4.69, 9.17) is 9.47 Å². The van der Waals surface area contributed by atoms with Crippen molar-refractivity contribution < 1.29 is 19.1 Å². The van der Waals surface area contributed by atoms with Gasteiger partial charge in [-0.3, -0.25) is 9.59 Å². The smallest absolute Gasteiger partial charge is 0.255 e. The zero-order valence-corrected chi connectivity index (χ0v) is 15.8. The van der Waals surface area contributed by atoms with Crippen molar-refractivity contribution in [2.45, 2.75) is 6.54 Å². The van der Waals surface area contributed by atoms with Gasteiger partial charge >= 0.3 is 0 Å². The number of benzene rings is 2. The number of ether oxygens (including phenoxy) is 2. The monoisotopic (exact) mass is 381 g/mol. The second-order valence-electron chi connectivity index (χ2n) is 5.71. The van der Waals surface area contributed by atoms with E-state index in [0.29, 0.717) is 34.0 Å². The number of methoxy groups -OCH3 is 2. The molecule has 0 atom stereocenters. The third kappa shape index (κ3) is 4.35. The van der Waals surface area contributed by atoms with Crippen LogP contribution in [0.25, 0.3) is 0 Å². The fourth-order valence-electron chi connectivity index (χ4n) is 2.58. The van der Waals surface area contributed by atoms with Crippen LogP contribution in [0.1, 0.15) is 30.5 Å². The van der Waals surface area contributed by atoms with E-state index in [1.54, 1.807) is 43.5 Å². The second kappa shape index (κ2) is 8.51.